The lowest BCUT2D eigenvalue weighted by Gasteiger charge is -2.39. The van der Waals surface area contributed by atoms with Crippen molar-refractivity contribution in [1.29, 1.82) is 0 Å². The number of methoxy groups -OCH3 is 1. The van der Waals surface area contributed by atoms with Crippen LogP contribution < -0.4 is 9.64 Å². The van der Waals surface area contributed by atoms with Gasteiger partial charge in [-0.2, -0.15) is 0 Å². The van der Waals surface area contributed by atoms with E-state index in [1.807, 2.05) is 23.1 Å². The van der Waals surface area contributed by atoms with E-state index in [9.17, 15) is 14.7 Å². The van der Waals surface area contributed by atoms with Gasteiger partial charge in [-0.25, -0.2) is 0 Å². The molecule has 140 valence electrons. The molecule has 1 aromatic carbocycles. The fourth-order valence-corrected chi connectivity index (χ4v) is 5.21. The molecule has 2 bridgehead atoms. The fourth-order valence-electron chi connectivity index (χ4n) is 5.21. The Morgan fingerprint density at radius 1 is 1.08 bits per heavy atom. The highest BCUT2D eigenvalue weighted by Gasteiger charge is 2.54. The van der Waals surface area contributed by atoms with Crippen molar-refractivity contribution in [2.75, 3.05) is 38.2 Å². The van der Waals surface area contributed by atoms with E-state index in [1.165, 1.54) is 0 Å². The smallest absolute Gasteiger partial charge is 0.307 e. The number of rotatable bonds is 4. The van der Waals surface area contributed by atoms with Gasteiger partial charge in [0.2, 0.25) is 5.91 Å². The van der Waals surface area contributed by atoms with Crippen LogP contribution in [0.3, 0.4) is 0 Å². The number of hydrogen-bond donors (Lipinski definition) is 1. The molecule has 3 fully saturated rings. The Morgan fingerprint density at radius 2 is 1.77 bits per heavy atom. The van der Waals surface area contributed by atoms with E-state index in [-0.39, 0.29) is 23.7 Å². The molecule has 0 unspecified atom stereocenters. The highest BCUT2D eigenvalue weighted by atomic mass is 16.5. The van der Waals surface area contributed by atoms with Gasteiger partial charge in [0.25, 0.3) is 0 Å². The van der Waals surface area contributed by atoms with Crippen molar-refractivity contribution < 1.29 is 19.4 Å². The first-order chi connectivity index (χ1) is 12.6. The third-order valence-electron chi connectivity index (χ3n) is 6.50. The van der Waals surface area contributed by atoms with Crippen LogP contribution in [-0.2, 0) is 9.59 Å². The molecule has 1 aromatic rings. The average Bonchev–Trinajstić information content (AvgIpc) is 3.29. The van der Waals surface area contributed by atoms with Gasteiger partial charge < -0.3 is 19.6 Å². The summed E-state index contributed by atoms with van der Waals surface area (Å²) in [5.74, 6) is -0.213. The van der Waals surface area contributed by atoms with Crippen LogP contribution in [0.1, 0.15) is 19.3 Å². The van der Waals surface area contributed by atoms with E-state index in [0.29, 0.717) is 13.1 Å². The number of anilines is 1. The number of nitrogens with zero attached hydrogens (tertiary/aromatic N) is 2. The van der Waals surface area contributed by atoms with Crippen LogP contribution in [0.5, 0.6) is 5.75 Å². The zero-order chi connectivity index (χ0) is 18.3. The summed E-state index contributed by atoms with van der Waals surface area (Å²) in [6, 6.07) is 7.95. The Bertz CT molecular complexity index is 699. The standard InChI is InChI=1S/C20H26N2O4/c1-26-16-4-2-3-15(12-16)21-7-9-22(10-8-21)19(23)17-13-5-6-14(11-13)18(17)20(24)25/h2-4,12-14,17-18H,5-11H2,1H3,(H,24,25)/t13-,14-,17-,18+/m0/s1. The largest absolute Gasteiger partial charge is 0.497 e. The zero-order valence-corrected chi connectivity index (χ0v) is 15.1. The first kappa shape index (κ1) is 17.2. The maximum Gasteiger partial charge on any atom is 0.307 e. The van der Waals surface area contributed by atoms with Gasteiger partial charge in [-0.15, -0.1) is 0 Å². The molecule has 4 rings (SSSR count). The third-order valence-corrected chi connectivity index (χ3v) is 6.50. The number of carboxylic acids is 1. The van der Waals surface area contributed by atoms with Crippen molar-refractivity contribution in [3.8, 4) is 5.75 Å². The Kier molecular flexibility index (Phi) is 4.51. The average molecular weight is 358 g/mol. The Balaban J connectivity index is 1.41. The number of hydrogen-bond acceptors (Lipinski definition) is 4. The second-order valence-corrected chi connectivity index (χ2v) is 7.74. The van der Waals surface area contributed by atoms with Crippen molar-refractivity contribution in [2.45, 2.75) is 19.3 Å². The highest BCUT2D eigenvalue weighted by molar-refractivity contribution is 5.86. The third kappa shape index (κ3) is 2.91. The molecular weight excluding hydrogens is 332 g/mol. The Morgan fingerprint density at radius 3 is 2.42 bits per heavy atom. The summed E-state index contributed by atoms with van der Waals surface area (Å²) in [7, 11) is 1.66. The lowest BCUT2D eigenvalue weighted by molar-refractivity contribution is -0.153. The monoisotopic (exact) mass is 358 g/mol. The van der Waals surface area contributed by atoms with Crippen molar-refractivity contribution >= 4 is 17.6 Å². The predicted molar refractivity (Wildman–Crippen MR) is 97.2 cm³/mol. The number of carbonyl (C=O) groups excluding carboxylic acids is 1. The minimum atomic E-state index is -0.787. The number of ether oxygens (including phenoxy) is 1. The second-order valence-electron chi connectivity index (χ2n) is 7.74. The SMILES string of the molecule is COc1cccc(N2CCN(C(=O)[C@H]3[C@H]4CC[C@@H](C4)[C@H]3C(=O)O)CC2)c1. The zero-order valence-electron chi connectivity index (χ0n) is 15.1. The molecule has 6 nitrogen and oxygen atoms in total. The van der Waals surface area contributed by atoms with Gasteiger partial charge in [0.05, 0.1) is 18.9 Å². The van der Waals surface area contributed by atoms with Crippen LogP contribution in [0.2, 0.25) is 0 Å². The molecule has 1 heterocycles. The van der Waals surface area contributed by atoms with Gasteiger partial charge in [0.1, 0.15) is 5.75 Å². The molecule has 0 radical (unpaired) electrons. The lowest BCUT2D eigenvalue weighted by atomic mass is 9.78. The number of carbonyl (C=O) groups is 2. The first-order valence-corrected chi connectivity index (χ1v) is 9.49. The lowest BCUT2D eigenvalue weighted by Crippen LogP contribution is -2.52. The molecule has 26 heavy (non-hydrogen) atoms. The van der Waals surface area contributed by atoms with Crippen molar-refractivity contribution in [1.82, 2.24) is 4.90 Å². The van der Waals surface area contributed by atoms with Gasteiger partial charge >= 0.3 is 5.97 Å². The number of fused-ring (bicyclic) bond motifs is 2. The molecule has 6 heteroatoms. The first-order valence-electron chi connectivity index (χ1n) is 9.49. The topological polar surface area (TPSA) is 70.1 Å². The van der Waals surface area contributed by atoms with E-state index in [2.05, 4.69) is 11.0 Å². The number of amides is 1. The van der Waals surface area contributed by atoms with E-state index < -0.39 is 11.9 Å². The summed E-state index contributed by atoms with van der Waals surface area (Å²) in [6.45, 7) is 2.82. The van der Waals surface area contributed by atoms with E-state index in [4.69, 9.17) is 4.74 Å². The highest BCUT2D eigenvalue weighted by Crippen LogP contribution is 2.53. The van der Waals surface area contributed by atoms with Gasteiger partial charge in [0, 0.05) is 37.9 Å². The molecule has 1 N–H and O–H groups in total. The Labute approximate surface area is 153 Å². The summed E-state index contributed by atoms with van der Waals surface area (Å²) in [5.41, 5.74) is 1.10. The molecule has 1 saturated heterocycles. The summed E-state index contributed by atoms with van der Waals surface area (Å²) in [5, 5.41) is 9.60. The summed E-state index contributed by atoms with van der Waals surface area (Å²) >= 11 is 0. The van der Waals surface area contributed by atoms with E-state index in [0.717, 1.165) is 43.8 Å². The molecule has 0 spiro atoms. The second kappa shape index (κ2) is 6.82. The van der Waals surface area contributed by atoms with Crippen LogP contribution in [0.15, 0.2) is 24.3 Å². The molecular formula is C20H26N2O4. The molecule has 1 aliphatic heterocycles. The number of benzene rings is 1. The van der Waals surface area contributed by atoms with Crippen LogP contribution in [0.25, 0.3) is 0 Å². The maximum absolute atomic E-state index is 13.1. The van der Waals surface area contributed by atoms with E-state index in [1.54, 1.807) is 7.11 Å². The molecule has 2 saturated carbocycles. The van der Waals surface area contributed by atoms with Crippen molar-refractivity contribution in [2.24, 2.45) is 23.7 Å². The number of carboxylic acid groups (broad SMARTS) is 1. The van der Waals surface area contributed by atoms with Gasteiger partial charge in [-0.05, 0) is 43.2 Å². The summed E-state index contributed by atoms with van der Waals surface area (Å²) in [4.78, 5) is 28.9. The molecule has 2 aliphatic carbocycles. The fraction of sp³-hybridized carbons (Fsp3) is 0.600. The molecule has 1 amide bonds. The normalized spacial score (nSPS) is 30.5. The van der Waals surface area contributed by atoms with Crippen LogP contribution in [0, 0.1) is 23.7 Å². The van der Waals surface area contributed by atoms with Crippen molar-refractivity contribution in [3.05, 3.63) is 24.3 Å². The number of piperazine rings is 1. The Hall–Kier alpha value is -2.24. The summed E-state index contributed by atoms with van der Waals surface area (Å²) in [6.07, 6.45) is 2.89. The van der Waals surface area contributed by atoms with Crippen LogP contribution in [-0.4, -0.2) is 55.2 Å². The molecule has 0 aromatic heterocycles. The molecule has 4 atom stereocenters. The minimum Gasteiger partial charge on any atom is -0.497 e. The predicted octanol–water partition coefficient (Wildman–Crippen LogP) is 2.09. The van der Waals surface area contributed by atoms with Crippen LogP contribution in [0.4, 0.5) is 5.69 Å². The van der Waals surface area contributed by atoms with Gasteiger partial charge in [0.15, 0.2) is 0 Å². The van der Waals surface area contributed by atoms with Crippen molar-refractivity contribution in [3.63, 3.8) is 0 Å². The van der Waals surface area contributed by atoms with Gasteiger partial charge in [-0.3, -0.25) is 9.59 Å². The maximum atomic E-state index is 13.1. The minimum absolute atomic E-state index is 0.0647. The summed E-state index contributed by atoms with van der Waals surface area (Å²) < 4.78 is 5.29. The van der Waals surface area contributed by atoms with E-state index >= 15 is 0 Å². The quantitative estimate of drug-likeness (QED) is 0.892. The van der Waals surface area contributed by atoms with Gasteiger partial charge in [-0.1, -0.05) is 6.07 Å². The molecule has 3 aliphatic rings. The number of aliphatic carboxylic acids is 1. The van der Waals surface area contributed by atoms with Crippen LogP contribution >= 0.6 is 0 Å².